The highest BCUT2D eigenvalue weighted by Gasteiger charge is 2.36. The lowest BCUT2D eigenvalue weighted by Crippen LogP contribution is -2.28. The Hall–Kier alpha value is -3.69. The van der Waals surface area contributed by atoms with Crippen molar-refractivity contribution in [1.82, 2.24) is 20.2 Å². The summed E-state index contributed by atoms with van der Waals surface area (Å²) in [7, 11) is 0. The van der Waals surface area contributed by atoms with Gasteiger partial charge in [0.1, 0.15) is 11.6 Å². The summed E-state index contributed by atoms with van der Waals surface area (Å²) in [5, 5.41) is 14.1. The van der Waals surface area contributed by atoms with Gasteiger partial charge in [-0.25, -0.2) is 8.78 Å². The number of nitrogens with one attached hydrogen (secondary N) is 1. The molecule has 1 fully saturated rings. The molecule has 1 aliphatic heterocycles. The topological polar surface area (TPSA) is 93.0 Å². The Morgan fingerprint density at radius 3 is 2.76 bits per heavy atom. The fourth-order valence-electron chi connectivity index (χ4n) is 3.25. The molecule has 29 heavy (non-hydrogen) atoms. The quantitative estimate of drug-likeness (QED) is 0.728. The molecule has 148 valence electrons. The summed E-state index contributed by atoms with van der Waals surface area (Å²) >= 11 is 0. The first kappa shape index (κ1) is 18.7. The molecular weight excluding hydrogens is 382 g/mol. The molecule has 1 unspecified atom stereocenters. The summed E-state index contributed by atoms with van der Waals surface area (Å²) in [6, 6.07) is 9.92. The van der Waals surface area contributed by atoms with Gasteiger partial charge in [0.25, 0.3) is 0 Å². The van der Waals surface area contributed by atoms with E-state index in [4.69, 9.17) is 0 Å². The second-order valence-corrected chi connectivity index (χ2v) is 6.68. The predicted molar refractivity (Wildman–Crippen MR) is 99.3 cm³/mol. The van der Waals surface area contributed by atoms with Gasteiger partial charge >= 0.3 is 0 Å². The first-order chi connectivity index (χ1) is 13.9. The monoisotopic (exact) mass is 398 g/mol. The number of tetrazole rings is 1. The maximum Gasteiger partial charge on any atom is 0.229 e. The summed E-state index contributed by atoms with van der Waals surface area (Å²) in [5.74, 6) is -2.41. The number of aryl methyl sites for hydroxylation is 1. The number of hydrogen-bond acceptors (Lipinski definition) is 5. The molecule has 2 heterocycles. The first-order valence-corrected chi connectivity index (χ1v) is 8.84. The van der Waals surface area contributed by atoms with Crippen LogP contribution in [0.25, 0.3) is 5.69 Å². The smallest absolute Gasteiger partial charge is 0.229 e. The number of anilines is 2. The van der Waals surface area contributed by atoms with Crippen LogP contribution in [-0.2, 0) is 9.59 Å². The SMILES string of the molecule is Cc1nnnn1-c1cccc(NC(=O)C2CC(=O)N(c3ccc(F)cc3F)C2)c1. The maximum absolute atomic E-state index is 14.0. The molecule has 0 aliphatic carbocycles. The molecule has 4 rings (SSSR count). The number of nitrogens with zero attached hydrogens (tertiary/aromatic N) is 5. The van der Waals surface area contributed by atoms with Crippen LogP contribution >= 0.6 is 0 Å². The summed E-state index contributed by atoms with van der Waals surface area (Å²) in [4.78, 5) is 26.1. The number of hydrogen-bond donors (Lipinski definition) is 1. The highest BCUT2D eigenvalue weighted by atomic mass is 19.1. The molecule has 1 atom stereocenters. The summed E-state index contributed by atoms with van der Waals surface area (Å²) < 4.78 is 28.6. The van der Waals surface area contributed by atoms with E-state index >= 15 is 0 Å². The van der Waals surface area contributed by atoms with Gasteiger partial charge in [-0.1, -0.05) is 6.07 Å². The minimum absolute atomic E-state index is 0.0129. The van der Waals surface area contributed by atoms with Crippen LogP contribution < -0.4 is 10.2 Å². The average Bonchev–Trinajstić information content (AvgIpc) is 3.28. The van der Waals surface area contributed by atoms with E-state index in [1.165, 1.54) is 15.6 Å². The van der Waals surface area contributed by atoms with Gasteiger partial charge in [0.2, 0.25) is 11.8 Å². The van der Waals surface area contributed by atoms with Crippen molar-refractivity contribution < 1.29 is 18.4 Å². The van der Waals surface area contributed by atoms with Gasteiger partial charge in [0.15, 0.2) is 5.82 Å². The van der Waals surface area contributed by atoms with Gasteiger partial charge < -0.3 is 10.2 Å². The van der Waals surface area contributed by atoms with Crippen molar-refractivity contribution >= 4 is 23.2 Å². The van der Waals surface area contributed by atoms with Crippen LogP contribution in [0.3, 0.4) is 0 Å². The van der Waals surface area contributed by atoms with Crippen LogP contribution in [-0.4, -0.2) is 38.6 Å². The maximum atomic E-state index is 14.0. The van der Waals surface area contributed by atoms with E-state index in [1.54, 1.807) is 31.2 Å². The van der Waals surface area contributed by atoms with Crippen molar-refractivity contribution in [3.05, 3.63) is 59.9 Å². The van der Waals surface area contributed by atoms with Crippen LogP contribution in [0.15, 0.2) is 42.5 Å². The number of amides is 2. The molecule has 2 amide bonds. The van der Waals surface area contributed by atoms with Crippen LogP contribution in [0.4, 0.5) is 20.2 Å². The van der Waals surface area contributed by atoms with Gasteiger partial charge in [0.05, 0.1) is 17.3 Å². The minimum atomic E-state index is -0.844. The predicted octanol–water partition coefficient (Wildman–Crippen LogP) is 2.24. The van der Waals surface area contributed by atoms with E-state index in [1.807, 2.05) is 0 Å². The minimum Gasteiger partial charge on any atom is -0.326 e. The van der Waals surface area contributed by atoms with E-state index in [0.717, 1.165) is 6.07 Å². The molecule has 8 nitrogen and oxygen atoms in total. The third-order valence-electron chi connectivity index (χ3n) is 4.68. The fraction of sp³-hybridized carbons (Fsp3) is 0.211. The van der Waals surface area contributed by atoms with Crippen molar-refractivity contribution in [2.24, 2.45) is 5.92 Å². The number of carbonyl (C=O) groups excluding carboxylic acids is 2. The van der Waals surface area contributed by atoms with Crippen LogP contribution in [0.1, 0.15) is 12.2 Å². The van der Waals surface area contributed by atoms with Gasteiger partial charge in [-0.2, -0.15) is 4.68 Å². The number of halogens is 2. The zero-order valence-corrected chi connectivity index (χ0v) is 15.3. The van der Waals surface area contributed by atoms with Crippen molar-refractivity contribution in [3.8, 4) is 5.69 Å². The lowest BCUT2D eigenvalue weighted by Gasteiger charge is -2.17. The largest absolute Gasteiger partial charge is 0.326 e. The average molecular weight is 398 g/mol. The van der Waals surface area contributed by atoms with Crippen LogP contribution in [0.5, 0.6) is 0 Å². The fourth-order valence-corrected chi connectivity index (χ4v) is 3.25. The molecule has 0 spiro atoms. The Morgan fingerprint density at radius 2 is 2.03 bits per heavy atom. The van der Waals surface area contributed by atoms with E-state index in [9.17, 15) is 18.4 Å². The molecule has 10 heteroatoms. The molecule has 0 saturated carbocycles. The summed E-state index contributed by atoms with van der Waals surface area (Å²) in [6.07, 6.45) is -0.0611. The van der Waals surface area contributed by atoms with Crippen molar-refractivity contribution in [2.75, 3.05) is 16.8 Å². The lowest BCUT2D eigenvalue weighted by molar-refractivity contribution is -0.122. The van der Waals surface area contributed by atoms with Gasteiger partial charge in [-0.15, -0.1) is 5.10 Å². The molecule has 3 aromatic rings. The van der Waals surface area contributed by atoms with Gasteiger partial charge in [0, 0.05) is 24.7 Å². The third-order valence-corrected chi connectivity index (χ3v) is 4.68. The van der Waals surface area contributed by atoms with Crippen molar-refractivity contribution in [2.45, 2.75) is 13.3 Å². The molecule has 1 aliphatic rings. The Bertz CT molecular complexity index is 1100. The Morgan fingerprint density at radius 1 is 1.21 bits per heavy atom. The zero-order chi connectivity index (χ0) is 20.5. The highest BCUT2D eigenvalue weighted by Crippen LogP contribution is 2.28. The highest BCUT2D eigenvalue weighted by molar-refractivity contribution is 6.03. The van der Waals surface area contributed by atoms with Crippen LogP contribution in [0, 0.1) is 24.5 Å². The van der Waals surface area contributed by atoms with Gasteiger partial charge in [-0.3, -0.25) is 9.59 Å². The number of rotatable bonds is 4. The van der Waals surface area contributed by atoms with E-state index in [2.05, 4.69) is 20.8 Å². The number of benzene rings is 2. The molecule has 1 aromatic heterocycles. The lowest BCUT2D eigenvalue weighted by atomic mass is 10.1. The molecule has 0 radical (unpaired) electrons. The molecule has 1 saturated heterocycles. The van der Waals surface area contributed by atoms with E-state index in [-0.39, 0.29) is 24.6 Å². The summed E-state index contributed by atoms with van der Waals surface area (Å²) in [5.41, 5.74) is 1.15. The van der Waals surface area contributed by atoms with Gasteiger partial charge in [-0.05, 0) is 47.7 Å². The van der Waals surface area contributed by atoms with Crippen molar-refractivity contribution in [3.63, 3.8) is 0 Å². The molecular formula is C19H16F2N6O2. The first-order valence-electron chi connectivity index (χ1n) is 8.84. The van der Waals surface area contributed by atoms with Crippen LogP contribution in [0.2, 0.25) is 0 Å². The molecule has 1 N–H and O–H groups in total. The number of carbonyl (C=O) groups is 2. The normalized spacial score (nSPS) is 16.3. The Kier molecular flexibility index (Phi) is 4.75. The standard InChI is InChI=1S/C19H16F2N6O2/c1-11-23-24-25-27(11)15-4-2-3-14(9-15)22-19(29)12-7-18(28)26(10-12)17-6-5-13(20)8-16(17)21/h2-6,8-9,12H,7,10H2,1H3,(H,22,29). The molecule has 2 aromatic carbocycles. The Balaban J connectivity index is 1.48. The second kappa shape index (κ2) is 7.38. The van der Waals surface area contributed by atoms with E-state index < -0.39 is 23.5 Å². The summed E-state index contributed by atoms with van der Waals surface area (Å²) in [6.45, 7) is 1.76. The third kappa shape index (κ3) is 3.68. The second-order valence-electron chi connectivity index (χ2n) is 6.68. The van der Waals surface area contributed by atoms with Crippen molar-refractivity contribution in [1.29, 1.82) is 0 Å². The number of aromatic nitrogens is 4. The Labute approximate surface area is 164 Å². The van der Waals surface area contributed by atoms with E-state index in [0.29, 0.717) is 23.3 Å². The molecule has 0 bridgehead atoms. The zero-order valence-electron chi connectivity index (χ0n) is 15.3.